The first-order chi connectivity index (χ1) is 12.6. The number of thiocarbonyl (C=S) groups is 1. The van der Waals surface area contributed by atoms with Crippen molar-refractivity contribution < 1.29 is 14.3 Å². The zero-order valence-corrected chi connectivity index (χ0v) is 15.9. The van der Waals surface area contributed by atoms with Crippen LogP contribution in [0.1, 0.15) is 17.3 Å². The van der Waals surface area contributed by atoms with Gasteiger partial charge in [-0.2, -0.15) is 0 Å². The van der Waals surface area contributed by atoms with E-state index in [-0.39, 0.29) is 11.0 Å². The summed E-state index contributed by atoms with van der Waals surface area (Å²) in [6, 6.07) is 12.5. The number of hydrogen-bond acceptors (Lipinski definition) is 6. The van der Waals surface area contributed by atoms with Crippen LogP contribution in [0, 0.1) is 0 Å². The monoisotopic (exact) mass is 387 g/mol. The van der Waals surface area contributed by atoms with E-state index in [0.29, 0.717) is 23.1 Å². The van der Waals surface area contributed by atoms with E-state index in [4.69, 9.17) is 21.7 Å². The summed E-state index contributed by atoms with van der Waals surface area (Å²) in [6.07, 6.45) is 0. The van der Waals surface area contributed by atoms with Crippen LogP contribution in [0.4, 0.5) is 5.13 Å². The third kappa shape index (κ3) is 4.27. The molecule has 0 radical (unpaired) electrons. The Labute approximate surface area is 160 Å². The van der Waals surface area contributed by atoms with Gasteiger partial charge in [-0.1, -0.05) is 11.3 Å². The highest BCUT2D eigenvalue weighted by molar-refractivity contribution is 7.80. The lowest BCUT2D eigenvalue weighted by atomic mass is 10.2. The number of carbonyl (C=O) groups is 1. The van der Waals surface area contributed by atoms with Gasteiger partial charge in [-0.15, -0.1) is 0 Å². The number of hydrogen-bond donors (Lipinski definition) is 2. The molecule has 6 nitrogen and oxygen atoms in total. The van der Waals surface area contributed by atoms with Gasteiger partial charge in [0.2, 0.25) is 0 Å². The molecule has 2 aromatic carbocycles. The summed E-state index contributed by atoms with van der Waals surface area (Å²) in [4.78, 5) is 16.7. The number of carbonyl (C=O) groups excluding carboxylic acids is 1. The van der Waals surface area contributed by atoms with Crippen LogP contribution in [0.15, 0.2) is 42.5 Å². The van der Waals surface area contributed by atoms with E-state index in [0.717, 1.165) is 16.0 Å². The zero-order chi connectivity index (χ0) is 18.5. The summed E-state index contributed by atoms with van der Waals surface area (Å²) in [7, 11) is 1.57. The molecule has 0 fully saturated rings. The first-order valence-corrected chi connectivity index (χ1v) is 9.11. The fourth-order valence-electron chi connectivity index (χ4n) is 2.26. The van der Waals surface area contributed by atoms with Gasteiger partial charge in [-0.25, -0.2) is 4.98 Å². The van der Waals surface area contributed by atoms with Crippen molar-refractivity contribution in [3.8, 4) is 11.5 Å². The number of rotatable bonds is 5. The van der Waals surface area contributed by atoms with E-state index in [2.05, 4.69) is 15.6 Å². The van der Waals surface area contributed by atoms with Crippen molar-refractivity contribution in [2.45, 2.75) is 6.92 Å². The summed E-state index contributed by atoms with van der Waals surface area (Å²) in [6.45, 7) is 2.55. The number of aromatic nitrogens is 1. The van der Waals surface area contributed by atoms with Crippen molar-refractivity contribution in [1.82, 2.24) is 10.3 Å². The van der Waals surface area contributed by atoms with Gasteiger partial charge in [0.15, 0.2) is 10.2 Å². The maximum atomic E-state index is 12.2. The third-order valence-electron chi connectivity index (χ3n) is 3.47. The average Bonchev–Trinajstić information content (AvgIpc) is 3.03. The van der Waals surface area contributed by atoms with Crippen LogP contribution in [-0.4, -0.2) is 29.7 Å². The summed E-state index contributed by atoms with van der Waals surface area (Å²) in [5.74, 6) is 1.18. The molecular weight excluding hydrogens is 370 g/mol. The molecule has 0 saturated carbocycles. The SMILES string of the molecule is CCOc1ccc2nc(NC(=S)NC(=O)c3ccc(OC)cc3)sc2c1. The molecule has 3 aromatic rings. The molecule has 0 bridgehead atoms. The van der Waals surface area contributed by atoms with Crippen molar-refractivity contribution in [2.24, 2.45) is 0 Å². The van der Waals surface area contributed by atoms with Crippen molar-refractivity contribution in [1.29, 1.82) is 0 Å². The lowest BCUT2D eigenvalue weighted by Crippen LogP contribution is -2.34. The van der Waals surface area contributed by atoms with Crippen LogP contribution in [-0.2, 0) is 0 Å². The third-order valence-corrected chi connectivity index (χ3v) is 4.61. The van der Waals surface area contributed by atoms with E-state index in [1.54, 1.807) is 31.4 Å². The van der Waals surface area contributed by atoms with Gasteiger partial charge in [0, 0.05) is 5.56 Å². The molecule has 8 heteroatoms. The quantitative estimate of drug-likeness (QED) is 0.648. The first-order valence-electron chi connectivity index (χ1n) is 7.89. The van der Waals surface area contributed by atoms with Gasteiger partial charge in [-0.3, -0.25) is 10.1 Å². The lowest BCUT2D eigenvalue weighted by Gasteiger charge is -2.07. The molecule has 1 heterocycles. The number of benzene rings is 2. The van der Waals surface area contributed by atoms with Gasteiger partial charge >= 0.3 is 0 Å². The number of nitrogens with one attached hydrogen (secondary N) is 2. The van der Waals surface area contributed by atoms with Crippen molar-refractivity contribution in [3.63, 3.8) is 0 Å². The summed E-state index contributed by atoms with van der Waals surface area (Å²) < 4.78 is 11.5. The minimum atomic E-state index is -0.301. The number of amides is 1. The number of methoxy groups -OCH3 is 1. The highest BCUT2D eigenvalue weighted by Gasteiger charge is 2.11. The van der Waals surface area contributed by atoms with Crippen LogP contribution in [0.25, 0.3) is 10.2 Å². The predicted octanol–water partition coefficient (Wildman–Crippen LogP) is 3.83. The van der Waals surface area contributed by atoms with Crippen LogP contribution in [0.2, 0.25) is 0 Å². The number of fused-ring (bicyclic) bond motifs is 1. The smallest absolute Gasteiger partial charge is 0.257 e. The molecule has 1 amide bonds. The molecule has 134 valence electrons. The van der Waals surface area contributed by atoms with E-state index in [1.807, 2.05) is 25.1 Å². The van der Waals surface area contributed by atoms with Crippen LogP contribution >= 0.6 is 23.6 Å². The van der Waals surface area contributed by atoms with E-state index >= 15 is 0 Å². The van der Waals surface area contributed by atoms with Gasteiger partial charge < -0.3 is 14.8 Å². The van der Waals surface area contributed by atoms with Crippen LogP contribution in [0.3, 0.4) is 0 Å². The molecule has 26 heavy (non-hydrogen) atoms. The Balaban J connectivity index is 1.65. The minimum absolute atomic E-state index is 0.190. The molecule has 0 atom stereocenters. The molecule has 3 rings (SSSR count). The Bertz CT molecular complexity index is 939. The fraction of sp³-hybridized carbons (Fsp3) is 0.167. The number of anilines is 1. The molecule has 0 aliphatic heterocycles. The second kappa shape index (κ2) is 8.11. The molecular formula is C18H17N3O3S2. The van der Waals surface area contributed by atoms with Crippen molar-refractivity contribution in [2.75, 3.05) is 19.0 Å². The van der Waals surface area contributed by atoms with Crippen LogP contribution in [0.5, 0.6) is 11.5 Å². The Morgan fingerprint density at radius 2 is 1.92 bits per heavy atom. The summed E-state index contributed by atoms with van der Waals surface area (Å²) >= 11 is 6.64. The van der Waals surface area contributed by atoms with Crippen molar-refractivity contribution >= 4 is 49.9 Å². The zero-order valence-electron chi connectivity index (χ0n) is 14.2. The summed E-state index contributed by atoms with van der Waals surface area (Å²) in [5, 5.41) is 6.38. The highest BCUT2D eigenvalue weighted by Crippen LogP contribution is 2.29. The Kier molecular flexibility index (Phi) is 5.65. The maximum Gasteiger partial charge on any atom is 0.257 e. The van der Waals surface area contributed by atoms with Gasteiger partial charge in [0.25, 0.3) is 5.91 Å². The second-order valence-corrected chi connectivity index (χ2v) is 6.66. The molecule has 0 spiro atoms. The Morgan fingerprint density at radius 1 is 1.19 bits per heavy atom. The van der Waals surface area contributed by atoms with Crippen molar-refractivity contribution in [3.05, 3.63) is 48.0 Å². The first kappa shape index (κ1) is 18.1. The largest absolute Gasteiger partial charge is 0.497 e. The number of thiazole rings is 1. The van der Waals surface area contributed by atoms with E-state index in [9.17, 15) is 4.79 Å². The fourth-order valence-corrected chi connectivity index (χ4v) is 3.41. The Morgan fingerprint density at radius 3 is 2.62 bits per heavy atom. The molecule has 1 aromatic heterocycles. The maximum absolute atomic E-state index is 12.2. The predicted molar refractivity (Wildman–Crippen MR) is 107 cm³/mol. The average molecular weight is 387 g/mol. The van der Waals surface area contributed by atoms with Gasteiger partial charge in [0.1, 0.15) is 11.5 Å². The number of ether oxygens (including phenoxy) is 2. The second-order valence-electron chi connectivity index (χ2n) is 5.22. The molecule has 0 unspecified atom stereocenters. The standard InChI is InChI=1S/C18H17N3O3S2/c1-3-24-13-8-9-14-15(10-13)26-18(19-14)21-17(25)20-16(22)11-4-6-12(23-2)7-5-11/h4-10H,3H2,1-2H3,(H2,19,20,21,22,25). The number of nitrogens with zero attached hydrogens (tertiary/aromatic N) is 1. The molecule has 0 aliphatic rings. The lowest BCUT2D eigenvalue weighted by molar-refractivity contribution is 0.0977. The molecule has 2 N–H and O–H groups in total. The minimum Gasteiger partial charge on any atom is -0.497 e. The molecule has 0 saturated heterocycles. The molecule has 0 aliphatic carbocycles. The van der Waals surface area contributed by atoms with E-state index in [1.165, 1.54) is 11.3 Å². The Hall–Kier alpha value is -2.71. The van der Waals surface area contributed by atoms with E-state index < -0.39 is 0 Å². The van der Waals surface area contributed by atoms with Gasteiger partial charge in [0.05, 0.1) is 23.9 Å². The van der Waals surface area contributed by atoms with Gasteiger partial charge in [-0.05, 0) is 61.6 Å². The van der Waals surface area contributed by atoms with Crippen LogP contribution < -0.4 is 20.1 Å². The highest BCUT2D eigenvalue weighted by atomic mass is 32.1. The normalized spacial score (nSPS) is 10.4. The topological polar surface area (TPSA) is 72.5 Å². The summed E-state index contributed by atoms with van der Waals surface area (Å²) in [5.41, 5.74) is 1.32.